The molecule has 1 aromatic carbocycles. The highest BCUT2D eigenvalue weighted by atomic mass is 16.5. The van der Waals surface area contributed by atoms with Crippen LogP contribution in [0.3, 0.4) is 0 Å². The summed E-state index contributed by atoms with van der Waals surface area (Å²) in [7, 11) is 3.47. The van der Waals surface area contributed by atoms with E-state index in [1.807, 2.05) is 38.4 Å². The first-order valence-electron chi connectivity index (χ1n) is 9.15. The summed E-state index contributed by atoms with van der Waals surface area (Å²) < 4.78 is 7.32. The minimum atomic E-state index is -0.606. The lowest BCUT2D eigenvalue weighted by Crippen LogP contribution is -2.48. The molecule has 9 nitrogen and oxygen atoms in total. The number of anilines is 1. The summed E-state index contributed by atoms with van der Waals surface area (Å²) in [6.45, 7) is 1.83. The predicted molar refractivity (Wildman–Crippen MR) is 105 cm³/mol. The van der Waals surface area contributed by atoms with Gasteiger partial charge in [0.1, 0.15) is 11.2 Å². The van der Waals surface area contributed by atoms with E-state index in [-0.39, 0.29) is 6.04 Å². The minimum absolute atomic E-state index is 0.159. The number of nitrogens with zero attached hydrogens (tertiary/aromatic N) is 5. The van der Waals surface area contributed by atoms with Crippen molar-refractivity contribution >= 4 is 28.0 Å². The normalized spacial score (nSPS) is 21.8. The second-order valence-corrected chi connectivity index (χ2v) is 7.65. The van der Waals surface area contributed by atoms with Gasteiger partial charge in [-0.25, -0.2) is 4.68 Å². The Hall–Kier alpha value is -3.20. The van der Waals surface area contributed by atoms with Gasteiger partial charge in [0.15, 0.2) is 0 Å². The monoisotopic (exact) mass is 379 g/mol. The van der Waals surface area contributed by atoms with Crippen LogP contribution in [0.5, 0.6) is 5.88 Å². The fourth-order valence-corrected chi connectivity index (χ4v) is 3.92. The van der Waals surface area contributed by atoms with Gasteiger partial charge in [-0.1, -0.05) is 11.3 Å². The summed E-state index contributed by atoms with van der Waals surface area (Å²) in [6.07, 6.45) is 3.25. The number of rotatable bonds is 4. The molecule has 5 rings (SSSR count). The molecule has 3 N–H and O–H groups in total. The minimum Gasteiger partial charge on any atom is -0.480 e. The molecule has 0 amide bonds. The molecule has 0 atom stereocenters. The van der Waals surface area contributed by atoms with Gasteiger partial charge < -0.3 is 20.1 Å². The van der Waals surface area contributed by atoms with Crippen molar-refractivity contribution in [2.24, 2.45) is 7.05 Å². The van der Waals surface area contributed by atoms with Crippen LogP contribution in [0.25, 0.3) is 33.2 Å². The lowest BCUT2D eigenvalue weighted by atomic mass is 9.77. The van der Waals surface area contributed by atoms with Crippen molar-refractivity contribution < 1.29 is 9.84 Å². The number of hydrogen-bond acceptors (Lipinski definition) is 7. The number of aromatic amines is 1. The highest BCUT2D eigenvalue weighted by Gasteiger charge is 2.38. The van der Waals surface area contributed by atoms with E-state index in [1.54, 1.807) is 11.8 Å². The summed E-state index contributed by atoms with van der Waals surface area (Å²) in [5.74, 6) is 0.989. The van der Waals surface area contributed by atoms with Crippen molar-refractivity contribution in [2.45, 2.75) is 31.4 Å². The SMILES string of the molecule is COc1nc(N[C@H]2C[C@@](C)(O)C2)nc2[nH]cc(-c3ccc4nnn(C)c4c3)c12. The van der Waals surface area contributed by atoms with Crippen LogP contribution in [0, 0.1) is 0 Å². The third kappa shape index (κ3) is 2.66. The lowest BCUT2D eigenvalue weighted by Gasteiger charge is -2.41. The van der Waals surface area contributed by atoms with Crippen molar-refractivity contribution in [3.8, 4) is 17.0 Å². The van der Waals surface area contributed by atoms with Gasteiger partial charge in [0.05, 0.1) is 23.6 Å². The molecule has 3 aromatic heterocycles. The molecule has 4 aromatic rings. The van der Waals surface area contributed by atoms with Gasteiger partial charge >= 0.3 is 0 Å². The molecule has 28 heavy (non-hydrogen) atoms. The number of aryl methyl sites for hydroxylation is 1. The van der Waals surface area contributed by atoms with Crippen molar-refractivity contribution in [2.75, 3.05) is 12.4 Å². The molecule has 0 unspecified atom stereocenters. The fourth-order valence-electron chi connectivity index (χ4n) is 3.92. The molecule has 1 fully saturated rings. The third-order valence-electron chi connectivity index (χ3n) is 5.32. The van der Waals surface area contributed by atoms with E-state index < -0.39 is 5.60 Å². The summed E-state index contributed by atoms with van der Waals surface area (Å²) in [5, 5.41) is 22.2. The van der Waals surface area contributed by atoms with E-state index in [1.165, 1.54) is 0 Å². The quantitative estimate of drug-likeness (QED) is 0.498. The Morgan fingerprint density at radius 1 is 1.32 bits per heavy atom. The number of aliphatic hydroxyl groups is 1. The Balaban J connectivity index is 1.56. The molecule has 1 saturated carbocycles. The standard InChI is InChI=1S/C19H21N7O2/c1-19(27)7-11(8-19)21-18-22-16-15(17(23-18)28-3)12(9-20-16)10-4-5-13-14(6-10)26(2)25-24-13/h4-6,9,11,27H,7-8H2,1-3H3,(H2,20,21,22,23)/t11-,19+. The molecule has 9 heteroatoms. The van der Waals surface area contributed by atoms with E-state index in [0.717, 1.165) is 27.5 Å². The molecule has 0 bridgehead atoms. The highest BCUT2D eigenvalue weighted by Crippen LogP contribution is 2.37. The molecule has 144 valence electrons. The Labute approximate surface area is 160 Å². The molecule has 0 radical (unpaired) electrons. The van der Waals surface area contributed by atoms with Crippen LogP contribution in [-0.2, 0) is 7.05 Å². The number of H-pyrrole nitrogens is 1. The number of ether oxygens (including phenoxy) is 1. The maximum absolute atomic E-state index is 9.92. The van der Waals surface area contributed by atoms with Crippen molar-refractivity contribution in [1.82, 2.24) is 29.9 Å². The van der Waals surface area contributed by atoms with Crippen LogP contribution in [0.15, 0.2) is 24.4 Å². The number of aromatic nitrogens is 6. The Bertz CT molecular complexity index is 1190. The largest absolute Gasteiger partial charge is 0.480 e. The Morgan fingerprint density at radius 2 is 2.14 bits per heavy atom. The maximum atomic E-state index is 9.92. The first-order valence-corrected chi connectivity index (χ1v) is 9.15. The second-order valence-electron chi connectivity index (χ2n) is 7.65. The summed E-state index contributed by atoms with van der Waals surface area (Å²) in [4.78, 5) is 12.4. The van der Waals surface area contributed by atoms with E-state index >= 15 is 0 Å². The number of hydrogen-bond donors (Lipinski definition) is 3. The van der Waals surface area contributed by atoms with Crippen molar-refractivity contribution in [3.05, 3.63) is 24.4 Å². The topological polar surface area (TPSA) is 114 Å². The third-order valence-corrected chi connectivity index (χ3v) is 5.32. The highest BCUT2D eigenvalue weighted by molar-refractivity contribution is 5.99. The van der Waals surface area contributed by atoms with Crippen LogP contribution in [0.4, 0.5) is 5.95 Å². The van der Waals surface area contributed by atoms with E-state index in [0.29, 0.717) is 30.3 Å². The fraction of sp³-hybridized carbons (Fsp3) is 0.368. The van der Waals surface area contributed by atoms with E-state index in [4.69, 9.17) is 4.74 Å². The van der Waals surface area contributed by atoms with E-state index in [9.17, 15) is 5.11 Å². The second kappa shape index (κ2) is 5.90. The van der Waals surface area contributed by atoms with Gasteiger partial charge in [0.2, 0.25) is 11.8 Å². The van der Waals surface area contributed by atoms with Gasteiger partial charge in [0, 0.05) is 24.8 Å². The number of nitrogens with one attached hydrogen (secondary N) is 2. The number of fused-ring (bicyclic) bond motifs is 2. The Morgan fingerprint density at radius 3 is 2.89 bits per heavy atom. The zero-order chi connectivity index (χ0) is 19.5. The smallest absolute Gasteiger partial charge is 0.228 e. The van der Waals surface area contributed by atoms with Gasteiger partial charge in [-0.15, -0.1) is 5.10 Å². The zero-order valence-electron chi connectivity index (χ0n) is 15.9. The average Bonchev–Trinajstić information content (AvgIpc) is 3.23. The molecule has 0 aliphatic heterocycles. The molecule has 1 aliphatic carbocycles. The Kier molecular flexibility index (Phi) is 3.57. The van der Waals surface area contributed by atoms with Gasteiger partial charge in [0.25, 0.3) is 0 Å². The first-order chi connectivity index (χ1) is 13.4. The van der Waals surface area contributed by atoms with Crippen LogP contribution < -0.4 is 10.1 Å². The first kappa shape index (κ1) is 16.9. The van der Waals surface area contributed by atoms with Crippen LogP contribution >= 0.6 is 0 Å². The lowest BCUT2D eigenvalue weighted by molar-refractivity contribution is -0.0236. The number of benzene rings is 1. The van der Waals surface area contributed by atoms with Crippen LogP contribution in [0.2, 0.25) is 0 Å². The molecule has 3 heterocycles. The molecular weight excluding hydrogens is 358 g/mol. The summed E-state index contributed by atoms with van der Waals surface area (Å²) >= 11 is 0. The molecular formula is C19H21N7O2. The number of methoxy groups -OCH3 is 1. The van der Waals surface area contributed by atoms with Crippen molar-refractivity contribution in [1.29, 1.82) is 0 Å². The molecule has 1 aliphatic rings. The van der Waals surface area contributed by atoms with Gasteiger partial charge in [-0.3, -0.25) is 0 Å². The summed E-state index contributed by atoms with van der Waals surface area (Å²) in [6, 6.07) is 6.15. The van der Waals surface area contributed by atoms with Crippen LogP contribution in [-0.4, -0.2) is 53.8 Å². The molecule has 0 spiro atoms. The summed E-state index contributed by atoms with van der Waals surface area (Å²) in [5.41, 5.74) is 3.83. The van der Waals surface area contributed by atoms with Crippen molar-refractivity contribution in [3.63, 3.8) is 0 Å². The zero-order valence-corrected chi connectivity index (χ0v) is 15.9. The predicted octanol–water partition coefficient (Wildman–Crippen LogP) is 2.24. The van der Waals surface area contributed by atoms with Gasteiger partial charge in [-0.2, -0.15) is 9.97 Å². The maximum Gasteiger partial charge on any atom is 0.228 e. The van der Waals surface area contributed by atoms with Crippen LogP contribution in [0.1, 0.15) is 19.8 Å². The van der Waals surface area contributed by atoms with Gasteiger partial charge in [-0.05, 0) is 37.5 Å². The average molecular weight is 379 g/mol. The molecule has 0 saturated heterocycles. The van der Waals surface area contributed by atoms with E-state index in [2.05, 4.69) is 30.6 Å².